The van der Waals surface area contributed by atoms with Crippen molar-refractivity contribution in [3.63, 3.8) is 0 Å². The minimum Gasteiger partial charge on any atom is -0.273 e. The van der Waals surface area contributed by atoms with E-state index in [1.165, 1.54) is 0 Å². The Morgan fingerprint density at radius 3 is 1.47 bits per heavy atom. The summed E-state index contributed by atoms with van der Waals surface area (Å²) in [5.41, 5.74) is 0. The molecule has 11 heteroatoms. The molecule has 0 spiro atoms. The van der Waals surface area contributed by atoms with Gasteiger partial charge in [-0.2, -0.15) is 8.42 Å². The Hall–Kier alpha value is 0.810. The highest BCUT2D eigenvalue weighted by Crippen LogP contribution is 2.05. The summed E-state index contributed by atoms with van der Waals surface area (Å²) in [5.74, 6) is -1.54. The molecule has 0 aromatic rings. The molecule has 0 aliphatic rings. The van der Waals surface area contributed by atoms with Crippen LogP contribution < -0.4 is 9.44 Å². The molecule has 2 atom stereocenters. The lowest BCUT2D eigenvalue weighted by atomic mass is 10.5. The van der Waals surface area contributed by atoms with E-state index in [-0.39, 0.29) is 10.7 Å². The summed E-state index contributed by atoms with van der Waals surface area (Å²) < 4.78 is 26.1. The van der Waals surface area contributed by atoms with Crippen LogP contribution >= 0.6 is 63.7 Å². The molecule has 100 valence electrons. The van der Waals surface area contributed by atoms with Crippen molar-refractivity contribution in [2.45, 2.75) is 9.65 Å². The first-order chi connectivity index (χ1) is 7.73. The normalized spacial score (nSPS) is 14.8. The summed E-state index contributed by atoms with van der Waals surface area (Å²) in [6, 6.07) is 0. The van der Waals surface area contributed by atoms with Gasteiger partial charge in [-0.15, -0.1) is 0 Å². The molecule has 0 aliphatic heterocycles. The largest absolute Gasteiger partial charge is 0.325 e. The third-order valence-electron chi connectivity index (χ3n) is 1.31. The number of hydrogen-bond acceptors (Lipinski definition) is 4. The maximum atomic E-state index is 11.4. The molecule has 2 amide bonds. The van der Waals surface area contributed by atoms with Gasteiger partial charge in [0.15, 0.2) is 0 Å². The fourth-order valence-corrected chi connectivity index (χ4v) is 2.54. The molecule has 0 heterocycles. The van der Waals surface area contributed by atoms with Gasteiger partial charge in [-0.25, -0.2) is 9.44 Å². The number of nitrogens with one attached hydrogen (secondary N) is 2. The number of halogens is 4. The van der Waals surface area contributed by atoms with E-state index in [1.807, 2.05) is 0 Å². The van der Waals surface area contributed by atoms with E-state index in [9.17, 15) is 18.0 Å². The molecule has 17 heavy (non-hydrogen) atoms. The lowest BCUT2D eigenvalue weighted by Crippen LogP contribution is -2.47. The summed E-state index contributed by atoms with van der Waals surface area (Å²) >= 11 is 11.9. The summed E-state index contributed by atoms with van der Waals surface area (Å²) in [7, 11) is -4.19. The van der Waals surface area contributed by atoms with Crippen LogP contribution in [0, 0.1) is 0 Å². The number of carbonyl (C=O) groups excluding carboxylic acids is 2. The summed E-state index contributed by atoms with van der Waals surface area (Å²) in [4.78, 5) is 21.1. The van der Waals surface area contributed by atoms with E-state index in [4.69, 9.17) is 0 Å². The monoisotopic (exact) mass is 520 g/mol. The van der Waals surface area contributed by atoms with E-state index in [1.54, 1.807) is 9.44 Å². The number of alkyl halides is 4. The molecular weight excluding hydrogens is 516 g/mol. The van der Waals surface area contributed by atoms with E-state index < -0.39 is 31.7 Å². The van der Waals surface area contributed by atoms with E-state index in [0.717, 1.165) is 0 Å². The van der Waals surface area contributed by atoms with Gasteiger partial charge in [0.05, 0.1) is 0 Å². The molecule has 0 aromatic carbocycles. The standard InChI is InChI=1S/C6H8Br4N2O4S/c7-1-3(9)5(13)11-17(15,16)12-6(14)4(10)2-8/h3-4H,1-2H2,(H,11,13)(H,12,14). The van der Waals surface area contributed by atoms with Gasteiger partial charge in [0.2, 0.25) is 11.8 Å². The van der Waals surface area contributed by atoms with Gasteiger partial charge in [0.25, 0.3) is 0 Å². The van der Waals surface area contributed by atoms with E-state index >= 15 is 0 Å². The van der Waals surface area contributed by atoms with Crippen molar-refractivity contribution >= 4 is 85.7 Å². The van der Waals surface area contributed by atoms with Crippen LogP contribution in [0.5, 0.6) is 0 Å². The summed E-state index contributed by atoms with van der Waals surface area (Å²) in [6.45, 7) is 0. The maximum absolute atomic E-state index is 11.4. The zero-order valence-corrected chi connectivity index (χ0v) is 15.3. The van der Waals surface area contributed by atoms with Crippen LogP contribution in [0.1, 0.15) is 0 Å². The quantitative estimate of drug-likeness (QED) is 0.504. The van der Waals surface area contributed by atoms with Crippen LogP contribution in [0.3, 0.4) is 0 Å². The Balaban J connectivity index is 4.51. The fraction of sp³-hybridized carbons (Fsp3) is 0.667. The maximum Gasteiger partial charge on any atom is 0.325 e. The van der Waals surface area contributed by atoms with Crippen molar-refractivity contribution in [2.24, 2.45) is 0 Å². The smallest absolute Gasteiger partial charge is 0.273 e. The highest BCUT2D eigenvalue weighted by Gasteiger charge is 2.24. The zero-order chi connectivity index (χ0) is 13.6. The molecule has 2 N–H and O–H groups in total. The van der Waals surface area contributed by atoms with Crippen molar-refractivity contribution in [3.05, 3.63) is 0 Å². The fourth-order valence-electron chi connectivity index (χ4n) is 0.558. The Morgan fingerprint density at radius 2 is 1.24 bits per heavy atom. The first-order valence-corrected chi connectivity index (χ1v) is 9.57. The molecule has 0 rings (SSSR count). The molecule has 0 radical (unpaired) electrons. The topological polar surface area (TPSA) is 92.3 Å². The molecule has 2 unspecified atom stereocenters. The second-order valence-electron chi connectivity index (χ2n) is 2.68. The molecule has 0 saturated carbocycles. The summed E-state index contributed by atoms with van der Waals surface area (Å²) in [5, 5.41) is 0.482. The van der Waals surface area contributed by atoms with Gasteiger partial charge in [0.1, 0.15) is 9.65 Å². The number of carbonyl (C=O) groups is 2. The number of amides is 2. The van der Waals surface area contributed by atoms with Crippen LogP contribution in [0.25, 0.3) is 0 Å². The Kier molecular flexibility index (Phi) is 8.46. The average molecular weight is 524 g/mol. The lowest BCUT2D eigenvalue weighted by Gasteiger charge is -2.11. The molecule has 0 aromatic heterocycles. The van der Waals surface area contributed by atoms with Crippen LogP contribution in [-0.2, 0) is 19.8 Å². The second kappa shape index (κ2) is 8.08. The SMILES string of the molecule is O=C(NS(=O)(=O)NC(=O)C(Br)CBr)C(Br)CBr. The van der Waals surface area contributed by atoms with Gasteiger partial charge in [0, 0.05) is 10.7 Å². The third-order valence-corrected chi connectivity index (χ3v) is 6.76. The van der Waals surface area contributed by atoms with Gasteiger partial charge in [-0.1, -0.05) is 63.7 Å². The first kappa shape index (κ1) is 17.8. The highest BCUT2D eigenvalue weighted by atomic mass is 79.9. The lowest BCUT2D eigenvalue weighted by molar-refractivity contribution is -0.118. The second-order valence-corrected chi connectivity index (χ2v) is 7.60. The predicted octanol–water partition coefficient (Wildman–Crippen LogP) is 0.780. The van der Waals surface area contributed by atoms with Crippen LogP contribution in [0.2, 0.25) is 0 Å². The molecule has 0 bridgehead atoms. The zero-order valence-electron chi connectivity index (χ0n) is 8.12. The van der Waals surface area contributed by atoms with Crippen molar-refractivity contribution < 1.29 is 18.0 Å². The molecule has 6 nitrogen and oxygen atoms in total. The highest BCUT2D eigenvalue weighted by molar-refractivity contribution is 9.12. The summed E-state index contributed by atoms with van der Waals surface area (Å²) in [6.07, 6.45) is 0. The first-order valence-electron chi connectivity index (χ1n) is 4.01. The third kappa shape index (κ3) is 7.09. The molecular formula is C6H8Br4N2O4S. The minimum atomic E-state index is -4.19. The van der Waals surface area contributed by atoms with Crippen LogP contribution in [-0.4, -0.2) is 40.5 Å². The number of rotatable bonds is 6. The van der Waals surface area contributed by atoms with Crippen LogP contribution in [0.4, 0.5) is 0 Å². The van der Waals surface area contributed by atoms with Crippen molar-refractivity contribution in [1.29, 1.82) is 0 Å². The van der Waals surface area contributed by atoms with Crippen molar-refractivity contribution in [3.8, 4) is 0 Å². The van der Waals surface area contributed by atoms with Gasteiger partial charge in [-0.3, -0.25) is 9.59 Å². The Morgan fingerprint density at radius 1 is 0.941 bits per heavy atom. The molecule has 0 aliphatic carbocycles. The predicted molar refractivity (Wildman–Crippen MR) is 78.2 cm³/mol. The number of hydrogen-bond donors (Lipinski definition) is 2. The average Bonchev–Trinajstić information content (AvgIpc) is 2.25. The van der Waals surface area contributed by atoms with Gasteiger partial charge < -0.3 is 0 Å². The minimum absolute atomic E-state index is 0.241. The van der Waals surface area contributed by atoms with E-state index in [2.05, 4.69) is 63.7 Å². The molecule has 0 saturated heterocycles. The Bertz CT molecular complexity index is 357. The van der Waals surface area contributed by atoms with E-state index in [0.29, 0.717) is 0 Å². The van der Waals surface area contributed by atoms with Crippen molar-refractivity contribution in [2.75, 3.05) is 10.7 Å². The van der Waals surface area contributed by atoms with Gasteiger partial charge in [-0.05, 0) is 0 Å². The van der Waals surface area contributed by atoms with Gasteiger partial charge >= 0.3 is 10.2 Å². The van der Waals surface area contributed by atoms with Crippen molar-refractivity contribution in [1.82, 2.24) is 9.44 Å². The Labute approximate surface area is 132 Å². The van der Waals surface area contributed by atoms with Crippen LogP contribution in [0.15, 0.2) is 0 Å². The molecule has 0 fully saturated rings.